The number of hydrogen-bond donors (Lipinski definition) is 0. The van der Waals surface area contributed by atoms with Crippen molar-refractivity contribution in [2.24, 2.45) is 0 Å². The molecule has 0 bridgehead atoms. The second kappa shape index (κ2) is 46.4. The summed E-state index contributed by atoms with van der Waals surface area (Å²) in [5.74, 6) is 3.94. The molecule has 18 rings (SSSR count). The topological polar surface area (TPSA) is 258 Å². The Bertz CT molecular complexity index is 4570. The van der Waals surface area contributed by atoms with E-state index in [1.165, 1.54) is 27.8 Å². The summed E-state index contributed by atoms with van der Waals surface area (Å²) < 4.78 is 0. The van der Waals surface area contributed by atoms with Crippen LogP contribution in [0, 0.1) is 62.3 Å². The molecular formula is C97H88N20. The van der Waals surface area contributed by atoms with Crippen molar-refractivity contribution in [3.05, 3.63) is 424 Å². The number of benzene rings is 3. The summed E-state index contributed by atoms with van der Waals surface area (Å²) >= 11 is 0. The van der Waals surface area contributed by atoms with Gasteiger partial charge >= 0.3 is 0 Å². The standard InChI is InChI=1S/C12H11N.5C11H10N2.3C10H9N3/c1-10-7-8-12(13-9-10)11-5-3-2-4-6-11;1-9-2-3-11(13-8-9)10-4-6-12-7-5-10;1-9-4-5-11(13-7-9)10-3-2-6-12-8-10;1-9-5-6-11(13-8-9)10-4-2-3-7-12-10;1-9-12-7-11(8-13-9)10-5-3-2-4-6-10;1-9-7-12-11(13-8-9)10-5-3-2-4-6-10;1-8-12-6-10(7-13-8)9-2-4-11-5-3-9;1-8-12-6-10(7-13-8)9-3-2-4-11-5-9;1-8-12-6-9(7-13-8)10-4-2-3-5-11-10/h2-9H,1H3;5*2-8H,1H3;3*2-7H,1H3. The van der Waals surface area contributed by atoms with Gasteiger partial charge in [-0.25, -0.2) is 49.8 Å². The molecule has 0 aliphatic carbocycles. The predicted molar refractivity (Wildman–Crippen MR) is 465 cm³/mol. The van der Waals surface area contributed by atoms with Gasteiger partial charge in [-0.1, -0.05) is 133 Å². The Morgan fingerprint density at radius 1 is 0.137 bits per heavy atom. The molecule has 0 atom stereocenters. The van der Waals surface area contributed by atoms with E-state index in [4.69, 9.17) is 0 Å². The molecule has 576 valence electrons. The molecule has 0 saturated heterocycles. The molecule has 0 N–H and O–H groups in total. The number of aryl methyl sites for hydroxylation is 9. The van der Waals surface area contributed by atoms with Crippen molar-refractivity contribution in [1.29, 1.82) is 0 Å². The van der Waals surface area contributed by atoms with E-state index >= 15 is 0 Å². The van der Waals surface area contributed by atoms with Crippen molar-refractivity contribution >= 4 is 0 Å². The fraction of sp³-hybridized carbons (Fsp3) is 0.0928. The Morgan fingerprint density at radius 2 is 0.427 bits per heavy atom. The zero-order valence-electron chi connectivity index (χ0n) is 66.7. The maximum atomic E-state index is 4.35. The zero-order valence-corrected chi connectivity index (χ0v) is 66.7. The van der Waals surface area contributed by atoms with Crippen LogP contribution in [0.4, 0.5) is 0 Å². The minimum Gasteiger partial charge on any atom is -0.265 e. The van der Waals surface area contributed by atoms with E-state index in [0.717, 1.165) is 124 Å². The van der Waals surface area contributed by atoms with Crippen LogP contribution < -0.4 is 0 Å². The molecule has 0 aliphatic heterocycles. The molecule has 0 fully saturated rings. The van der Waals surface area contributed by atoms with Gasteiger partial charge < -0.3 is 0 Å². The van der Waals surface area contributed by atoms with Gasteiger partial charge in [-0.15, -0.1) is 0 Å². The normalized spacial score (nSPS) is 9.92. The first kappa shape index (κ1) is 84.0. The molecule has 20 nitrogen and oxygen atoms in total. The molecule has 0 spiro atoms. The number of rotatable bonds is 9. The Labute approximate surface area is 683 Å². The maximum Gasteiger partial charge on any atom is 0.159 e. The van der Waals surface area contributed by atoms with Crippen LogP contribution in [0.5, 0.6) is 0 Å². The molecule has 15 heterocycles. The third-order valence-electron chi connectivity index (χ3n) is 16.6. The molecule has 117 heavy (non-hydrogen) atoms. The third kappa shape index (κ3) is 29.3. The Hall–Kier alpha value is -15.4. The third-order valence-corrected chi connectivity index (χ3v) is 16.6. The highest BCUT2D eigenvalue weighted by atomic mass is 14.9. The molecule has 0 radical (unpaired) electrons. The van der Waals surface area contributed by atoms with Crippen molar-refractivity contribution < 1.29 is 0 Å². The smallest absolute Gasteiger partial charge is 0.159 e. The van der Waals surface area contributed by atoms with E-state index in [0.29, 0.717) is 0 Å². The number of nitrogens with zero attached hydrogens (tertiary/aromatic N) is 20. The minimum absolute atomic E-state index is 0.777. The Morgan fingerprint density at radius 3 is 0.803 bits per heavy atom. The summed E-state index contributed by atoms with van der Waals surface area (Å²) in [6.45, 7) is 17.6. The van der Waals surface area contributed by atoms with Crippen molar-refractivity contribution in [3.8, 4) is 101 Å². The largest absolute Gasteiger partial charge is 0.265 e. The van der Waals surface area contributed by atoms with Crippen molar-refractivity contribution in [2.75, 3.05) is 0 Å². The first-order valence-electron chi connectivity index (χ1n) is 37.5. The van der Waals surface area contributed by atoms with Gasteiger partial charge in [-0.2, -0.15) is 0 Å². The molecule has 3 aromatic carbocycles. The fourth-order valence-electron chi connectivity index (χ4n) is 10.2. The first-order chi connectivity index (χ1) is 57.2. The highest BCUT2D eigenvalue weighted by Gasteiger charge is 2.05. The minimum atomic E-state index is 0.777. The van der Waals surface area contributed by atoms with E-state index < -0.39 is 0 Å². The summed E-state index contributed by atoms with van der Waals surface area (Å²) in [6, 6.07) is 73.7. The molecule has 20 heteroatoms. The van der Waals surface area contributed by atoms with Crippen molar-refractivity contribution in [2.45, 2.75) is 62.3 Å². The quantitative estimate of drug-likeness (QED) is 0.130. The van der Waals surface area contributed by atoms with Crippen LogP contribution in [0.25, 0.3) is 101 Å². The van der Waals surface area contributed by atoms with Crippen LogP contribution in [0.1, 0.15) is 51.1 Å². The summed E-state index contributed by atoms with van der Waals surface area (Å²) in [4.78, 5) is 83.1. The lowest BCUT2D eigenvalue weighted by atomic mass is 10.1. The zero-order chi connectivity index (χ0) is 81.9. The lowest BCUT2D eigenvalue weighted by Crippen LogP contribution is -1.88. The maximum absolute atomic E-state index is 4.35. The number of hydrogen-bond acceptors (Lipinski definition) is 20. The van der Waals surface area contributed by atoms with Gasteiger partial charge in [0.1, 0.15) is 23.3 Å². The Balaban J connectivity index is 0.000000139. The number of aromatic nitrogens is 20. The number of pyridine rings is 10. The monoisotopic (exact) mass is 1530 g/mol. The van der Waals surface area contributed by atoms with E-state index in [1.54, 1.807) is 80.6 Å². The van der Waals surface area contributed by atoms with Crippen LogP contribution in [0.15, 0.2) is 373 Å². The van der Waals surface area contributed by atoms with Crippen LogP contribution in [0.2, 0.25) is 0 Å². The average molecular weight is 1530 g/mol. The molecule has 0 aliphatic rings. The molecular weight excluding hydrogens is 1450 g/mol. The van der Waals surface area contributed by atoms with Gasteiger partial charge in [0.2, 0.25) is 0 Å². The average Bonchev–Trinajstić information content (AvgIpc) is 0.932. The first-order valence-corrected chi connectivity index (χ1v) is 37.5. The molecule has 15 aromatic heterocycles. The van der Waals surface area contributed by atoms with E-state index in [1.807, 2.05) is 325 Å². The summed E-state index contributed by atoms with van der Waals surface area (Å²) in [5, 5.41) is 0. The van der Waals surface area contributed by atoms with E-state index in [-0.39, 0.29) is 0 Å². The van der Waals surface area contributed by atoms with Gasteiger partial charge in [0, 0.05) is 199 Å². The SMILES string of the molecule is Cc1ccc(-c2ccccc2)nc1.Cc1ccc(-c2ccccn2)nc1.Cc1ccc(-c2cccnc2)nc1.Cc1ccc(-c2ccncc2)nc1.Cc1cnc(-c2ccccc2)nc1.Cc1ncc(-c2ccccc2)cn1.Cc1ncc(-c2ccccn2)cn1.Cc1ncc(-c2cccnc2)cn1.Cc1ncc(-c2ccncc2)cn1. The highest BCUT2D eigenvalue weighted by Crippen LogP contribution is 2.22. The lowest BCUT2D eigenvalue weighted by Gasteiger charge is -1.99. The van der Waals surface area contributed by atoms with Gasteiger partial charge in [-0.05, 0) is 192 Å². The van der Waals surface area contributed by atoms with Crippen LogP contribution in [-0.2, 0) is 0 Å². The van der Waals surface area contributed by atoms with Crippen LogP contribution in [-0.4, -0.2) is 99.7 Å². The van der Waals surface area contributed by atoms with E-state index in [9.17, 15) is 0 Å². The summed E-state index contributed by atoms with van der Waals surface area (Å²) in [7, 11) is 0. The molecule has 0 saturated carbocycles. The van der Waals surface area contributed by atoms with Crippen molar-refractivity contribution in [1.82, 2.24) is 99.7 Å². The fourth-order valence-corrected chi connectivity index (χ4v) is 10.2. The highest BCUT2D eigenvalue weighted by molar-refractivity contribution is 5.64. The second-order valence-corrected chi connectivity index (χ2v) is 26.0. The summed E-state index contributed by atoms with van der Waals surface area (Å²) in [6.07, 6.45) is 43.4. The molecule has 18 aromatic rings. The van der Waals surface area contributed by atoms with Gasteiger partial charge in [-0.3, -0.25) is 49.8 Å². The lowest BCUT2D eigenvalue weighted by molar-refractivity contribution is 1.05. The van der Waals surface area contributed by atoms with Gasteiger partial charge in [0.25, 0.3) is 0 Å². The van der Waals surface area contributed by atoms with Crippen molar-refractivity contribution in [3.63, 3.8) is 0 Å². The second-order valence-electron chi connectivity index (χ2n) is 26.0. The predicted octanol–water partition coefficient (Wildman–Crippen LogP) is 20.9. The van der Waals surface area contributed by atoms with Gasteiger partial charge in [0.05, 0.1) is 34.2 Å². The van der Waals surface area contributed by atoms with E-state index in [2.05, 4.69) is 130 Å². The summed E-state index contributed by atoms with van der Waals surface area (Å²) in [5.41, 5.74) is 23.3. The van der Waals surface area contributed by atoms with Crippen LogP contribution in [0.3, 0.4) is 0 Å². The van der Waals surface area contributed by atoms with Crippen LogP contribution >= 0.6 is 0 Å². The van der Waals surface area contributed by atoms with Gasteiger partial charge in [0.15, 0.2) is 5.82 Å². The molecule has 0 unspecified atom stereocenters. The molecule has 0 amide bonds. The Kier molecular flexibility index (Phi) is 33.3.